The van der Waals surface area contributed by atoms with Crippen molar-refractivity contribution in [3.05, 3.63) is 29.8 Å². The molecule has 0 aromatic heterocycles. The first-order chi connectivity index (χ1) is 9.06. The number of nitrogens with one attached hydrogen (secondary N) is 1. The largest absolute Gasteiger partial charge is 0.323 e. The van der Waals surface area contributed by atoms with Gasteiger partial charge < -0.3 is 10.2 Å². The number of benzene rings is 1. The van der Waals surface area contributed by atoms with Crippen molar-refractivity contribution >= 4 is 29.3 Å². The van der Waals surface area contributed by atoms with Crippen LogP contribution < -0.4 is 5.32 Å². The first kappa shape index (κ1) is 13.9. The minimum Gasteiger partial charge on any atom is -0.323 e. The maximum Gasteiger partial charge on any atom is 0.321 e. The molecule has 1 aliphatic rings. The van der Waals surface area contributed by atoms with E-state index in [1.54, 1.807) is 24.3 Å². The zero-order valence-electron chi connectivity index (χ0n) is 11.2. The lowest BCUT2D eigenvalue weighted by atomic mass is 10.1. The number of anilines is 1. The van der Waals surface area contributed by atoms with Gasteiger partial charge in [0.05, 0.1) is 0 Å². The van der Waals surface area contributed by atoms with Crippen molar-refractivity contribution < 1.29 is 9.59 Å². The first-order valence-electron chi connectivity index (χ1n) is 6.35. The quantitative estimate of drug-likeness (QED) is 0.846. The number of rotatable bonds is 2. The zero-order chi connectivity index (χ0) is 13.8. The summed E-state index contributed by atoms with van der Waals surface area (Å²) in [5.74, 6) is 0.973. The van der Waals surface area contributed by atoms with Gasteiger partial charge in [0.25, 0.3) is 0 Å². The summed E-state index contributed by atoms with van der Waals surface area (Å²) in [5, 5.41) is 3.33. The summed E-state index contributed by atoms with van der Waals surface area (Å²) in [6.45, 7) is 5.18. The van der Waals surface area contributed by atoms with Gasteiger partial charge in [0, 0.05) is 35.3 Å². The lowest BCUT2D eigenvalue weighted by molar-refractivity contribution is 0.101. The number of carbonyl (C=O) groups excluding carboxylic acids is 2. The first-order valence-corrected chi connectivity index (χ1v) is 7.39. The molecule has 19 heavy (non-hydrogen) atoms. The van der Waals surface area contributed by atoms with Gasteiger partial charge >= 0.3 is 6.03 Å². The highest BCUT2D eigenvalue weighted by molar-refractivity contribution is 7.99. The summed E-state index contributed by atoms with van der Waals surface area (Å²) in [7, 11) is 0. The van der Waals surface area contributed by atoms with Crippen LogP contribution in [0.2, 0.25) is 0 Å². The van der Waals surface area contributed by atoms with Gasteiger partial charge in [-0.3, -0.25) is 4.79 Å². The fourth-order valence-corrected chi connectivity index (χ4v) is 3.03. The van der Waals surface area contributed by atoms with Gasteiger partial charge in [-0.05, 0) is 19.1 Å². The topological polar surface area (TPSA) is 49.4 Å². The van der Waals surface area contributed by atoms with Crippen molar-refractivity contribution in [2.24, 2.45) is 0 Å². The number of Topliss-reactive ketones (excluding diaryl/α,β-unsaturated/α-hetero) is 1. The second-order valence-electron chi connectivity index (χ2n) is 4.69. The third-order valence-corrected chi connectivity index (χ3v) is 4.19. The summed E-state index contributed by atoms with van der Waals surface area (Å²) in [6, 6.07) is 6.95. The van der Waals surface area contributed by atoms with Gasteiger partial charge in [-0.25, -0.2) is 4.79 Å². The number of hydrogen-bond donors (Lipinski definition) is 1. The lowest BCUT2D eigenvalue weighted by Gasteiger charge is -2.30. The SMILES string of the molecule is CC(=O)c1cccc(NC(=O)N2CCSC(C)C2)c1. The third kappa shape index (κ3) is 3.73. The Morgan fingerprint density at radius 1 is 1.42 bits per heavy atom. The van der Waals surface area contributed by atoms with Gasteiger partial charge in [-0.2, -0.15) is 11.8 Å². The minimum absolute atomic E-state index is 0.000839. The highest BCUT2D eigenvalue weighted by Gasteiger charge is 2.21. The molecule has 4 nitrogen and oxygen atoms in total. The maximum atomic E-state index is 12.1. The number of amides is 2. The Balaban J connectivity index is 2.02. The molecule has 1 heterocycles. The molecule has 2 amide bonds. The van der Waals surface area contributed by atoms with Crippen LogP contribution in [0.25, 0.3) is 0 Å². The molecular weight excluding hydrogens is 260 g/mol. The van der Waals surface area contributed by atoms with Crippen LogP contribution in [-0.4, -0.2) is 40.8 Å². The van der Waals surface area contributed by atoms with E-state index < -0.39 is 0 Å². The highest BCUT2D eigenvalue weighted by atomic mass is 32.2. The molecule has 102 valence electrons. The Hall–Kier alpha value is -1.49. The zero-order valence-corrected chi connectivity index (χ0v) is 12.0. The fraction of sp³-hybridized carbons (Fsp3) is 0.429. The number of nitrogens with zero attached hydrogens (tertiary/aromatic N) is 1. The standard InChI is InChI=1S/C14H18N2O2S/c1-10-9-16(6-7-19-10)14(18)15-13-5-3-4-12(8-13)11(2)17/h3-5,8,10H,6-7,9H2,1-2H3,(H,15,18). The molecule has 1 aromatic carbocycles. The van der Waals surface area contributed by atoms with E-state index in [0.29, 0.717) is 16.5 Å². The third-order valence-electron chi connectivity index (χ3n) is 3.05. The molecule has 1 aromatic rings. The average Bonchev–Trinajstić information content (AvgIpc) is 2.39. The molecule has 0 spiro atoms. The van der Waals surface area contributed by atoms with Crippen LogP contribution in [-0.2, 0) is 0 Å². The predicted octanol–water partition coefficient (Wildman–Crippen LogP) is 2.86. The molecule has 0 saturated carbocycles. The van der Waals surface area contributed by atoms with Crippen LogP contribution in [0.3, 0.4) is 0 Å². The van der Waals surface area contributed by atoms with Gasteiger partial charge in [0.1, 0.15) is 0 Å². The van der Waals surface area contributed by atoms with Crippen LogP contribution in [0.4, 0.5) is 10.5 Å². The fourth-order valence-electron chi connectivity index (χ4n) is 2.02. The van der Waals surface area contributed by atoms with Crippen LogP contribution in [0.1, 0.15) is 24.2 Å². The number of thioether (sulfide) groups is 1. The van der Waals surface area contributed by atoms with Crippen molar-refractivity contribution in [2.45, 2.75) is 19.1 Å². The van der Waals surface area contributed by atoms with Gasteiger partial charge in [-0.15, -0.1) is 0 Å². The van der Waals surface area contributed by atoms with Gasteiger partial charge in [0.2, 0.25) is 0 Å². The van der Waals surface area contributed by atoms with Gasteiger partial charge in [-0.1, -0.05) is 19.1 Å². The molecule has 2 rings (SSSR count). The van der Waals surface area contributed by atoms with Crippen molar-refractivity contribution in [1.82, 2.24) is 4.90 Å². The highest BCUT2D eigenvalue weighted by Crippen LogP contribution is 2.19. The van der Waals surface area contributed by atoms with Gasteiger partial charge in [0.15, 0.2) is 5.78 Å². The minimum atomic E-state index is -0.0900. The molecule has 1 unspecified atom stereocenters. The molecule has 1 atom stereocenters. The van der Waals surface area contributed by atoms with Crippen LogP contribution >= 0.6 is 11.8 Å². The summed E-state index contributed by atoms with van der Waals surface area (Å²) in [5.41, 5.74) is 1.28. The Morgan fingerprint density at radius 3 is 2.89 bits per heavy atom. The summed E-state index contributed by atoms with van der Waals surface area (Å²) in [6.07, 6.45) is 0. The number of carbonyl (C=O) groups is 2. The summed E-state index contributed by atoms with van der Waals surface area (Å²) in [4.78, 5) is 25.2. The second-order valence-corrected chi connectivity index (χ2v) is 6.24. The van der Waals surface area contributed by atoms with Crippen LogP contribution in [0, 0.1) is 0 Å². The molecule has 0 aliphatic carbocycles. The molecular formula is C14H18N2O2S. The normalized spacial score (nSPS) is 19.1. The van der Waals surface area contributed by atoms with Crippen LogP contribution in [0.15, 0.2) is 24.3 Å². The van der Waals surface area contributed by atoms with E-state index in [4.69, 9.17) is 0 Å². The average molecular weight is 278 g/mol. The molecule has 0 radical (unpaired) electrons. The van der Waals surface area contributed by atoms with E-state index in [1.165, 1.54) is 6.92 Å². The van der Waals surface area contributed by atoms with Crippen molar-refractivity contribution in [1.29, 1.82) is 0 Å². The lowest BCUT2D eigenvalue weighted by Crippen LogP contribution is -2.43. The Labute approximate surface area is 117 Å². The van der Waals surface area contributed by atoms with E-state index in [0.717, 1.165) is 18.8 Å². The Morgan fingerprint density at radius 2 is 2.21 bits per heavy atom. The number of ketones is 1. The van der Waals surface area contributed by atoms with Crippen molar-refractivity contribution in [2.75, 3.05) is 24.2 Å². The monoisotopic (exact) mass is 278 g/mol. The van der Waals surface area contributed by atoms with Crippen LogP contribution in [0.5, 0.6) is 0 Å². The predicted molar refractivity (Wildman–Crippen MR) is 79.0 cm³/mol. The number of urea groups is 1. The Bertz CT molecular complexity index is 490. The van der Waals surface area contributed by atoms with E-state index >= 15 is 0 Å². The molecule has 1 aliphatic heterocycles. The molecule has 5 heteroatoms. The maximum absolute atomic E-state index is 12.1. The second kappa shape index (κ2) is 6.10. The van der Waals surface area contributed by atoms with E-state index in [2.05, 4.69) is 12.2 Å². The van der Waals surface area contributed by atoms with E-state index in [9.17, 15) is 9.59 Å². The van der Waals surface area contributed by atoms with Crippen molar-refractivity contribution in [3.8, 4) is 0 Å². The molecule has 0 bridgehead atoms. The Kier molecular flexibility index (Phi) is 4.47. The smallest absolute Gasteiger partial charge is 0.321 e. The summed E-state index contributed by atoms with van der Waals surface area (Å²) < 4.78 is 0. The van der Waals surface area contributed by atoms with E-state index in [1.807, 2.05) is 16.7 Å². The molecule has 1 fully saturated rings. The molecule has 1 saturated heterocycles. The van der Waals surface area contributed by atoms with Crippen molar-refractivity contribution in [3.63, 3.8) is 0 Å². The molecule has 1 N–H and O–H groups in total. The summed E-state index contributed by atoms with van der Waals surface area (Å²) >= 11 is 1.89. The number of hydrogen-bond acceptors (Lipinski definition) is 3. The van der Waals surface area contributed by atoms with E-state index in [-0.39, 0.29) is 11.8 Å².